The number of amides is 1. The van der Waals surface area contributed by atoms with E-state index in [1.54, 1.807) is 6.07 Å². The Bertz CT molecular complexity index is 523. The van der Waals surface area contributed by atoms with Gasteiger partial charge in [-0.05, 0) is 19.3 Å². The van der Waals surface area contributed by atoms with Crippen LogP contribution in [0.2, 0.25) is 5.15 Å². The van der Waals surface area contributed by atoms with Crippen molar-refractivity contribution in [1.29, 1.82) is 0 Å². The number of aromatic nitrogens is 2. The zero-order valence-corrected chi connectivity index (χ0v) is 15.4. The van der Waals surface area contributed by atoms with E-state index in [0.717, 1.165) is 12.2 Å². The summed E-state index contributed by atoms with van der Waals surface area (Å²) >= 11 is 7.47. The van der Waals surface area contributed by atoms with Crippen molar-refractivity contribution in [2.24, 2.45) is 0 Å². The molecule has 1 saturated carbocycles. The van der Waals surface area contributed by atoms with Crippen LogP contribution in [0.3, 0.4) is 0 Å². The Hall–Kier alpha value is -1.01. The maximum absolute atomic E-state index is 11.7. The Labute approximate surface area is 147 Å². The molecule has 2 rings (SSSR count). The van der Waals surface area contributed by atoms with Gasteiger partial charge in [0, 0.05) is 25.7 Å². The molecule has 1 aromatic rings. The molecule has 1 aromatic heterocycles. The minimum atomic E-state index is 0.00242. The molecule has 1 amide bonds. The first kappa shape index (κ1) is 18.3. The lowest BCUT2D eigenvalue weighted by atomic mass is 9.94. The molecule has 1 aliphatic rings. The van der Waals surface area contributed by atoms with Gasteiger partial charge >= 0.3 is 0 Å². The van der Waals surface area contributed by atoms with Crippen molar-refractivity contribution in [3.63, 3.8) is 0 Å². The Morgan fingerprint density at radius 1 is 1.39 bits per heavy atom. The normalized spacial score (nSPS) is 15.4. The molecule has 0 spiro atoms. The number of carbonyl (C=O) groups excluding carboxylic acids is 1. The van der Waals surface area contributed by atoms with Crippen molar-refractivity contribution in [3.8, 4) is 0 Å². The van der Waals surface area contributed by atoms with Crippen molar-refractivity contribution < 1.29 is 4.79 Å². The Morgan fingerprint density at radius 2 is 2.13 bits per heavy atom. The highest BCUT2D eigenvalue weighted by Crippen LogP contribution is 2.27. The molecule has 7 heteroatoms. The number of anilines is 1. The summed E-state index contributed by atoms with van der Waals surface area (Å²) in [5.41, 5.74) is 0. The lowest BCUT2D eigenvalue weighted by Crippen LogP contribution is -2.34. The van der Waals surface area contributed by atoms with Gasteiger partial charge in [-0.15, -0.1) is 0 Å². The first-order chi connectivity index (χ1) is 11.1. The highest BCUT2D eigenvalue weighted by molar-refractivity contribution is 7.99. The zero-order valence-electron chi connectivity index (χ0n) is 13.8. The summed E-state index contributed by atoms with van der Waals surface area (Å²) in [6.07, 6.45) is 7.18. The van der Waals surface area contributed by atoms with Crippen LogP contribution in [0.15, 0.2) is 11.2 Å². The topological polar surface area (TPSA) is 58.1 Å². The van der Waals surface area contributed by atoms with Gasteiger partial charge in [0.1, 0.15) is 11.0 Å². The van der Waals surface area contributed by atoms with Crippen LogP contribution in [0, 0.1) is 0 Å². The quantitative estimate of drug-likeness (QED) is 0.460. The van der Waals surface area contributed by atoms with E-state index in [0.29, 0.717) is 28.6 Å². The zero-order chi connectivity index (χ0) is 16.7. The third-order valence-corrected chi connectivity index (χ3v) is 5.09. The van der Waals surface area contributed by atoms with Gasteiger partial charge in [-0.25, -0.2) is 9.97 Å². The van der Waals surface area contributed by atoms with Gasteiger partial charge < -0.3 is 10.2 Å². The van der Waals surface area contributed by atoms with E-state index >= 15 is 0 Å². The molecule has 0 saturated heterocycles. The third-order valence-electron chi connectivity index (χ3n) is 4.05. The second kappa shape index (κ2) is 9.33. The van der Waals surface area contributed by atoms with Crippen molar-refractivity contribution in [2.45, 2.75) is 56.6 Å². The molecular formula is C16H25ClN4OS. The fourth-order valence-corrected chi connectivity index (χ4v) is 3.64. The molecule has 1 aliphatic carbocycles. The number of nitrogens with zero attached hydrogens (tertiary/aromatic N) is 3. The standard InChI is InChI=1S/C16H25ClN4OS/c1-3-9-18-15(22)11-23-16-19-13(17)10-14(20-16)21(2)12-7-5-4-6-8-12/h10,12H,3-9,11H2,1-2H3,(H,18,22). The van der Waals surface area contributed by atoms with Gasteiger partial charge in [0.25, 0.3) is 0 Å². The van der Waals surface area contributed by atoms with E-state index in [1.807, 2.05) is 6.92 Å². The van der Waals surface area contributed by atoms with E-state index < -0.39 is 0 Å². The van der Waals surface area contributed by atoms with E-state index in [2.05, 4.69) is 27.2 Å². The Morgan fingerprint density at radius 3 is 2.83 bits per heavy atom. The highest BCUT2D eigenvalue weighted by atomic mass is 35.5. The Balaban J connectivity index is 1.98. The van der Waals surface area contributed by atoms with Gasteiger partial charge in [-0.3, -0.25) is 4.79 Å². The average molecular weight is 357 g/mol. The molecule has 1 fully saturated rings. The van der Waals surface area contributed by atoms with Gasteiger partial charge in [0.15, 0.2) is 5.16 Å². The maximum Gasteiger partial charge on any atom is 0.230 e. The largest absolute Gasteiger partial charge is 0.357 e. The van der Waals surface area contributed by atoms with Crippen molar-refractivity contribution >= 4 is 35.1 Å². The number of nitrogens with one attached hydrogen (secondary N) is 1. The van der Waals surface area contributed by atoms with E-state index in [-0.39, 0.29) is 5.91 Å². The van der Waals surface area contributed by atoms with Crippen molar-refractivity contribution in [1.82, 2.24) is 15.3 Å². The third kappa shape index (κ3) is 5.84. The molecule has 1 heterocycles. The molecule has 0 unspecified atom stereocenters. The summed E-state index contributed by atoms with van der Waals surface area (Å²) in [5, 5.41) is 3.83. The Kier molecular flexibility index (Phi) is 7.43. The lowest BCUT2D eigenvalue weighted by molar-refractivity contribution is -0.118. The van der Waals surface area contributed by atoms with E-state index in [9.17, 15) is 4.79 Å². The molecule has 1 N–H and O–H groups in total. The predicted molar refractivity (Wildman–Crippen MR) is 96.3 cm³/mol. The fourth-order valence-electron chi connectivity index (χ4n) is 2.73. The number of thioether (sulfide) groups is 1. The number of rotatable bonds is 7. The predicted octanol–water partition coefficient (Wildman–Crippen LogP) is 3.52. The summed E-state index contributed by atoms with van der Waals surface area (Å²) < 4.78 is 0. The molecule has 0 atom stereocenters. The van der Waals surface area contributed by atoms with Crippen LogP contribution in [-0.4, -0.2) is 41.3 Å². The molecule has 23 heavy (non-hydrogen) atoms. The maximum atomic E-state index is 11.7. The lowest BCUT2D eigenvalue weighted by Gasteiger charge is -2.32. The molecule has 0 aliphatic heterocycles. The fraction of sp³-hybridized carbons (Fsp3) is 0.688. The van der Waals surface area contributed by atoms with Crippen LogP contribution in [0.25, 0.3) is 0 Å². The van der Waals surface area contributed by atoms with Crippen LogP contribution in [0.4, 0.5) is 5.82 Å². The first-order valence-electron chi connectivity index (χ1n) is 8.27. The second-order valence-corrected chi connectivity index (χ2v) is 7.20. The van der Waals surface area contributed by atoms with Gasteiger partial charge in [0.2, 0.25) is 5.91 Å². The van der Waals surface area contributed by atoms with Crippen molar-refractivity contribution in [3.05, 3.63) is 11.2 Å². The smallest absolute Gasteiger partial charge is 0.230 e. The summed E-state index contributed by atoms with van der Waals surface area (Å²) in [4.78, 5) is 22.7. The van der Waals surface area contributed by atoms with Gasteiger partial charge in [-0.1, -0.05) is 49.5 Å². The minimum Gasteiger partial charge on any atom is -0.357 e. The van der Waals surface area contributed by atoms with Crippen LogP contribution < -0.4 is 10.2 Å². The van der Waals surface area contributed by atoms with Crippen molar-refractivity contribution in [2.75, 3.05) is 24.2 Å². The second-order valence-electron chi connectivity index (χ2n) is 5.87. The molecule has 0 radical (unpaired) electrons. The van der Waals surface area contributed by atoms with Gasteiger partial charge in [0.05, 0.1) is 5.75 Å². The average Bonchev–Trinajstić information content (AvgIpc) is 2.57. The van der Waals surface area contributed by atoms with Crippen LogP contribution in [-0.2, 0) is 4.79 Å². The minimum absolute atomic E-state index is 0.00242. The molecule has 0 bridgehead atoms. The van der Waals surface area contributed by atoms with E-state index in [4.69, 9.17) is 11.6 Å². The molecule has 5 nitrogen and oxygen atoms in total. The number of hydrogen-bond donors (Lipinski definition) is 1. The first-order valence-corrected chi connectivity index (χ1v) is 9.63. The van der Waals surface area contributed by atoms with Crippen LogP contribution >= 0.6 is 23.4 Å². The number of halogens is 1. The summed E-state index contributed by atoms with van der Waals surface area (Å²) in [6, 6.07) is 2.32. The SMILES string of the molecule is CCCNC(=O)CSc1nc(Cl)cc(N(C)C2CCCCC2)n1. The number of hydrogen-bond acceptors (Lipinski definition) is 5. The van der Waals surface area contributed by atoms with Crippen LogP contribution in [0.5, 0.6) is 0 Å². The van der Waals surface area contributed by atoms with Gasteiger partial charge in [-0.2, -0.15) is 0 Å². The monoisotopic (exact) mass is 356 g/mol. The summed E-state index contributed by atoms with van der Waals surface area (Å²) in [7, 11) is 2.07. The summed E-state index contributed by atoms with van der Waals surface area (Å²) in [6.45, 7) is 2.73. The highest BCUT2D eigenvalue weighted by Gasteiger charge is 2.20. The summed E-state index contributed by atoms with van der Waals surface area (Å²) in [5.74, 6) is 1.16. The molecule has 0 aromatic carbocycles. The van der Waals surface area contributed by atoms with Crippen LogP contribution in [0.1, 0.15) is 45.4 Å². The van der Waals surface area contributed by atoms with E-state index in [1.165, 1.54) is 43.9 Å². The molecular weight excluding hydrogens is 332 g/mol. The number of carbonyl (C=O) groups is 1. The molecule has 128 valence electrons.